The Labute approximate surface area is 171 Å². The van der Waals surface area contributed by atoms with Crippen LogP contribution in [0, 0.1) is 0 Å². The topological polar surface area (TPSA) is 80.3 Å². The largest absolute Gasteiger partial charge is 0.497 e. The summed E-state index contributed by atoms with van der Waals surface area (Å²) in [7, 11) is 1.61. The third-order valence-electron chi connectivity index (χ3n) is 4.38. The van der Waals surface area contributed by atoms with Crippen LogP contribution in [0.5, 0.6) is 5.75 Å². The van der Waals surface area contributed by atoms with Crippen molar-refractivity contribution in [3.63, 3.8) is 0 Å². The van der Waals surface area contributed by atoms with Crippen molar-refractivity contribution in [1.29, 1.82) is 0 Å². The Bertz CT molecular complexity index is 1170. The molecular weight excluding hydrogens is 386 g/mol. The number of hydrazine groups is 1. The second-order valence-electron chi connectivity index (χ2n) is 6.19. The summed E-state index contributed by atoms with van der Waals surface area (Å²) in [6.07, 6.45) is 0. The lowest BCUT2D eigenvalue weighted by atomic mass is 10.0. The molecule has 2 N–H and O–H groups in total. The molecular formula is C22H17N3O3S. The molecule has 0 bridgehead atoms. The van der Waals surface area contributed by atoms with Crippen molar-refractivity contribution < 1.29 is 14.3 Å². The average Bonchev–Trinajstić information content (AvgIpc) is 3.31. The Morgan fingerprint density at radius 3 is 2.41 bits per heavy atom. The Morgan fingerprint density at radius 2 is 1.69 bits per heavy atom. The normalized spacial score (nSPS) is 10.5. The van der Waals surface area contributed by atoms with Gasteiger partial charge < -0.3 is 4.74 Å². The van der Waals surface area contributed by atoms with E-state index in [1.165, 1.54) is 11.3 Å². The molecule has 0 saturated heterocycles. The van der Waals surface area contributed by atoms with Crippen molar-refractivity contribution in [1.82, 2.24) is 15.8 Å². The molecule has 29 heavy (non-hydrogen) atoms. The van der Waals surface area contributed by atoms with Crippen LogP contribution in [0.25, 0.3) is 22.2 Å². The van der Waals surface area contributed by atoms with Crippen LogP contribution in [-0.2, 0) is 0 Å². The van der Waals surface area contributed by atoms with Gasteiger partial charge in [0.1, 0.15) is 5.75 Å². The van der Waals surface area contributed by atoms with E-state index in [-0.39, 0.29) is 5.91 Å². The summed E-state index contributed by atoms with van der Waals surface area (Å²) in [5.41, 5.74) is 7.58. The minimum Gasteiger partial charge on any atom is -0.497 e. The van der Waals surface area contributed by atoms with Gasteiger partial charge in [-0.2, -0.15) is 0 Å². The SMILES string of the molecule is COc1ccc(-c2cc(C(=O)NNC(=O)c3cccs3)c3ccccc3n2)cc1. The lowest BCUT2D eigenvalue weighted by Crippen LogP contribution is -2.41. The minimum absolute atomic E-state index is 0.359. The van der Waals surface area contributed by atoms with Crippen molar-refractivity contribution in [2.45, 2.75) is 0 Å². The van der Waals surface area contributed by atoms with E-state index in [1.54, 1.807) is 30.7 Å². The first-order valence-corrected chi connectivity index (χ1v) is 9.72. The molecule has 144 valence electrons. The van der Waals surface area contributed by atoms with E-state index in [0.29, 0.717) is 27.0 Å². The van der Waals surface area contributed by atoms with Crippen molar-refractivity contribution >= 4 is 34.1 Å². The first kappa shape index (κ1) is 18.6. The quantitative estimate of drug-likeness (QED) is 0.504. The molecule has 2 heterocycles. The van der Waals surface area contributed by atoms with E-state index in [1.807, 2.05) is 48.5 Å². The first-order valence-electron chi connectivity index (χ1n) is 8.84. The number of pyridine rings is 1. The van der Waals surface area contributed by atoms with Gasteiger partial charge in [0.05, 0.1) is 28.8 Å². The Balaban J connectivity index is 1.66. The zero-order chi connectivity index (χ0) is 20.2. The third-order valence-corrected chi connectivity index (χ3v) is 5.25. The van der Waals surface area contributed by atoms with E-state index in [4.69, 9.17) is 4.74 Å². The monoisotopic (exact) mass is 403 g/mol. The highest BCUT2D eigenvalue weighted by atomic mass is 32.1. The van der Waals surface area contributed by atoms with Gasteiger partial charge >= 0.3 is 0 Å². The fourth-order valence-corrected chi connectivity index (χ4v) is 3.54. The molecule has 0 fully saturated rings. The highest BCUT2D eigenvalue weighted by Crippen LogP contribution is 2.26. The first-order chi connectivity index (χ1) is 14.2. The molecule has 0 saturated carbocycles. The molecule has 2 aromatic carbocycles. The number of amides is 2. The molecule has 4 rings (SSSR count). The minimum atomic E-state index is -0.414. The summed E-state index contributed by atoms with van der Waals surface area (Å²) in [4.78, 5) is 30.2. The van der Waals surface area contributed by atoms with Gasteiger partial charge in [-0.15, -0.1) is 11.3 Å². The number of carbonyl (C=O) groups excluding carboxylic acids is 2. The average molecular weight is 403 g/mol. The summed E-state index contributed by atoms with van der Waals surface area (Å²) in [6, 6.07) is 20.0. The molecule has 7 heteroatoms. The second-order valence-corrected chi connectivity index (χ2v) is 7.13. The maximum absolute atomic E-state index is 12.8. The number of benzene rings is 2. The zero-order valence-corrected chi connectivity index (χ0v) is 16.3. The predicted octanol–water partition coefficient (Wildman–Crippen LogP) is 4.05. The van der Waals surface area contributed by atoms with Crippen molar-refractivity contribution in [2.75, 3.05) is 7.11 Å². The molecule has 0 aliphatic heterocycles. The maximum atomic E-state index is 12.8. The lowest BCUT2D eigenvalue weighted by Gasteiger charge is -2.11. The zero-order valence-electron chi connectivity index (χ0n) is 15.5. The predicted molar refractivity (Wildman–Crippen MR) is 113 cm³/mol. The number of rotatable bonds is 4. The number of aromatic nitrogens is 1. The van der Waals surface area contributed by atoms with E-state index in [0.717, 1.165) is 11.3 Å². The number of methoxy groups -OCH3 is 1. The Hall–Kier alpha value is -3.71. The van der Waals surface area contributed by atoms with Gasteiger partial charge in [0, 0.05) is 10.9 Å². The number of para-hydroxylation sites is 1. The van der Waals surface area contributed by atoms with Crippen LogP contribution in [0.4, 0.5) is 0 Å². The van der Waals surface area contributed by atoms with Crippen LogP contribution in [0.2, 0.25) is 0 Å². The molecule has 0 aliphatic rings. The summed E-state index contributed by atoms with van der Waals surface area (Å²) >= 11 is 1.30. The summed E-state index contributed by atoms with van der Waals surface area (Å²) in [6.45, 7) is 0. The fourth-order valence-electron chi connectivity index (χ4n) is 2.92. The van der Waals surface area contributed by atoms with Crippen LogP contribution >= 0.6 is 11.3 Å². The summed E-state index contributed by atoms with van der Waals surface area (Å²) in [5, 5.41) is 2.50. The van der Waals surface area contributed by atoms with Crippen molar-refractivity contribution in [3.8, 4) is 17.0 Å². The number of hydrogen-bond acceptors (Lipinski definition) is 5. The van der Waals surface area contributed by atoms with Gasteiger partial charge in [0.25, 0.3) is 11.8 Å². The van der Waals surface area contributed by atoms with Gasteiger partial charge in [0.15, 0.2) is 0 Å². The summed E-state index contributed by atoms with van der Waals surface area (Å²) in [5.74, 6) is -0.0332. The van der Waals surface area contributed by atoms with Crippen molar-refractivity contribution in [2.24, 2.45) is 0 Å². The van der Waals surface area contributed by atoms with Gasteiger partial charge in [-0.1, -0.05) is 24.3 Å². The number of nitrogens with zero attached hydrogens (tertiary/aromatic N) is 1. The van der Waals surface area contributed by atoms with Crippen molar-refractivity contribution in [3.05, 3.63) is 82.6 Å². The number of thiophene rings is 1. The van der Waals surface area contributed by atoms with Gasteiger partial charge in [-0.3, -0.25) is 20.4 Å². The number of fused-ring (bicyclic) bond motifs is 1. The molecule has 0 unspecified atom stereocenters. The van der Waals surface area contributed by atoms with Gasteiger partial charge in [-0.05, 0) is 47.8 Å². The molecule has 0 spiro atoms. The second kappa shape index (κ2) is 8.12. The van der Waals surface area contributed by atoms with E-state index in [9.17, 15) is 9.59 Å². The van der Waals surface area contributed by atoms with Gasteiger partial charge in [0.2, 0.25) is 0 Å². The van der Waals surface area contributed by atoms with Crippen LogP contribution < -0.4 is 15.6 Å². The van der Waals surface area contributed by atoms with Crippen LogP contribution in [0.1, 0.15) is 20.0 Å². The van der Waals surface area contributed by atoms with Gasteiger partial charge in [-0.25, -0.2) is 4.98 Å². The lowest BCUT2D eigenvalue weighted by molar-refractivity contribution is 0.0850. The molecule has 6 nitrogen and oxygen atoms in total. The number of hydrogen-bond donors (Lipinski definition) is 2. The number of carbonyl (C=O) groups is 2. The maximum Gasteiger partial charge on any atom is 0.279 e. The summed E-state index contributed by atoms with van der Waals surface area (Å²) < 4.78 is 5.20. The smallest absolute Gasteiger partial charge is 0.279 e. The van der Waals surface area contributed by atoms with E-state index < -0.39 is 5.91 Å². The highest BCUT2D eigenvalue weighted by Gasteiger charge is 2.15. The van der Waals surface area contributed by atoms with Crippen LogP contribution in [-0.4, -0.2) is 23.9 Å². The molecule has 0 aliphatic carbocycles. The fraction of sp³-hybridized carbons (Fsp3) is 0.0455. The number of ether oxygens (including phenoxy) is 1. The molecule has 0 atom stereocenters. The van der Waals surface area contributed by atoms with E-state index in [2.05, 4.69) is 15.8 Å². The number of nitrogens with one attached hydrogen (secondary N) is 2. The third kappa shape index (κ3) is 3.95. The molecule has 2 aromatic heterocycles. The molecule has 2 amide bonds. The molecule has 4 aromatic rings. The molecule has 0 radical (unpaired) electrons. The van der Waals surface area contributed by atoms with E-state index >= 15 is 0 Å². The standard InChI is InChI=1S/C22H17N3O3S/c1-28-15-10-8-14(9-11-15)19-13-17(16-5-2-3-6-18(16)23-19)21(26)24-25-22(27)20-7-4-12-29-20/h2-13H,1H3,(H,24,26)(H,25,27). The Kier molecular flexibility index (Phi) is 5.22. The van der Waals surface area contributed by atoms with Crippen LogP contribution in [0.3, 0.4) is 0 Å². The Morgan fingerprint density at radius 1 is 0.931 bits per heavy atom. The highest BCUT2D eigenvalue weighted by molar-refractivity contribution is 7.12. The van der Waals surface area contributed by atoms with Crippen LogP contribution in [0.15, 0.2) is 72.1 Å².